The maximum Gasteiger partial charge on any atom is 0.277 e. The van der Waals surface area contributed by atoms with Gasteiger partial charge in [-0.1, -0.05) is 37.1 Å². The quantitative estimate of drug-likeness (QED) is 0.701. The van der Waals surface area contributed by atoms with Crippen molar-refractivity contribution in [2.24, 2.45) is 5.14 Å². The summed E-state index contributed by atoms with van der Waals surface area (Å²) in [6.45, 7) is 1.64. The highest BCUT2D eigenvalue weighted by Crippen LogP contribution is 2.32. The molecule has 1 aromatic carbocycles. The smallest absolute Gasteiger partial charge is 0.277 e. The van der Waals surface area contributed by atoms with Crippen molar-refractivity contribution in [3.8, 4) is 0 Å². The number of hydrogen-bond acceptors (Lipinski definition) is 7. The van der Waals surface area contributed by atoms with Gasteiger partial charge in [-0.25, -0.2) is 13.6 Å². The predicted molar refractivity (Wildman–Crippen MR) is 102 cm³/mol. The van der Waals surface area contributed by atoms with Crippen LogP contribution in [0.4, 0.5) is 5.69 Å². The van der Waals surface area contributed by atoms with Crippen LogP contribution < -0.4 is 10.5 Å². The summed E-state index contributed by atoms with van der Waals surface area (Å²) in [5, 5.41) is 16.3. The van der Waals surface area contributed by atoms with Crippen LogP contribution >= 0.6 is 11.8 Å². The van der Waals surface area contributed by atoms with Gasteiger partial charge in [0.05, 0.1) is 10.6 Å². The third kappa shape index (κ3) is 5.30. The Labute approximate surface area is 162 Å². The molecule has 0 unspecified atom stereocenters. The van der Waals surface area contributed by atoms with E-state index in [-0.39, 0.29) is 16.6 Å². The third-order valence-corrected chi connectivity index (χ3v) is 6.35. The number of aryl methyl sites for hydroxylation is 1. The number of carbonyl (C=O) groups is 1. The summed E-state index contributed by atoms with van der Waals surface area (Å²) in [4.78, 5) is 12.1. The second kappa shape index (κ2) is 8.41. The molecule has 0 bridgehead atoms. The van der Waals surface area contributed by atoms with E-state index in [0.29, 0.717) is 28.3 Å². The van der Waals surface area contributed by atoms with Gasteiger partial charge in [-0.15, -0.1) is 10.2 Å². The molecular formula is C17H22N4O4S2. The van der Waals surface area contributed by atoms with Crippen molar-refractivity contribution in [2.45, 2.75) is 55.1 Å². The number of nitrogens with one attached hydrogen (secondary N) is 1. The first kappa shape index (κ1) is 19.8. The van der Waals surface area contributed by atoms with Crippen molar-refractivity contribution in [2.75, 3.05) is 11.1 Å². The number of sulfonamides is 1. The van der Waals surface area contributed by atoms with Gasteiger partial charge in [-0.2, -0.15) is 0 Å². The first-order valence-corrected chi connectivity index (χ1v) is 11.3. The maximum absolute atomic E-state index is 12.1. The van der Waals surface area contributed by atoms with E-state index < -0.39 is 10.0 Å². The molecule has 1 saturated carbocycles. The highest BCUT2D eigenvalue weighted by atomic mass is 32.2. The van der Waals surface area contributed by atoms with Gasteiger partial charge in [-0.3, -0.25) is 4.79 Å². The molecule has 0 saturated heterocycles. The molecule has 3 rings (SSSR count). The van der Waals surface area contributed by atoms with E-state index in [1.165, 1.54) is 25.3 Å². The van der Waals surface area contributed by atoms with E-state index in [9.17, 15) is 13.2 Å². The van der Waals surface area contributed by atoms with Crippen LogP contribution in [0, 0.1) is 6.92 Å². The second-order valence-electron chi connectivity index (χ2n) is 6.60. The van der Waals surface area contributed by atoms with Crippen molar-refractivity contribution < 1.29 is 17.6 Å². The van der Waals surface area contributed by atoms with Crippen molar-refractivity contribution in [1.29, 1.82) is 0 Å². The lowest BCUT2D eigenvalue weighted by Gasteiger charge is -2.17. The molecule has 0 spiro atoms. The largest absolute Gasteiger partial charge is 0.416 e. The number of nitrogens with two attached hydrogens (primary N) is 1. The summed E-state index contributed by atoms with van der Waals surface area (Å²) >= 11 is 1.15. The Morgan fingerprint density at radius 2 is 2.04 bits per heavy atom. The van der Waals surface area contributed by atoms with Gasteiger partial charge in [0.1, 0.15) is 0 Å². The zero-order valence-corrected chi connectivity index (χ0v) is 16.6. The molecule has 0 radical (unpaired) electrons. The minimum Gasteiger partial charge on any atom is -0.416 e. The van der Waals surface area contributed by atoms with Crippen molar-refractivity contribution in [3.63, 3.8) is 0 Å². The number of amides is 1. The third-order valence-electron chi connectivity index (χ3n) is 4.48. The Hall–Kier alpha value is -1.91. The van der Waals surface area contributed by atoms with Crippen LogP contribution in [0.15, 0.2) is 32.7 Å². The fourth-order valence-electron chi connectivity index (χ4n) is 3.10. The summed E-state index contributed by atoms with van der Waals surface area (Å²) in [6.07, 6.45) is 5.72. The van der Waals surface area contributed by atoms with Crippen molar-refractivity contribution in [1.82, 2.24) is 10.2 Å². The van der Waals surface area contributed by atoms with Gasteiger partial charge in [0, 0.05) is 11.6 Å². The van der Waals surface area contributed by atoms with Crippen LogP contribution in [0.3, 0.4) is 0 Å². The SMILES string of the molecule is Cc1ccc(NC(=O)CSc2nnc(C3CCCCC3)o2)cc1S(N)(=O)=O. The number of aromatic nitrogens is 2. The fraction of sp³-hybridized carbons (Fsp3) is 0.471. The van der Waals surface area contributed by atoms with Crippen LogP contribution in [0.2, 0.25) is 0 Å². The number of carbonyl (C=O) groups excluding carboxylic acids is 1. The van der Waals surface area contributed by atoms with Gasteiger partial charge in [0.15, 0.2) is 0 Å². The summed E-state index contributed by atoms with van der Waals surface area (Å²) in [7, 11) is -3.84. The standard InChI is InChI=1S/C17H22N4O4S2/c1-11-7-8-13(9-14(11)27(18,23)24)19-15(22)10-26-17-21-20-16(25-17)12-5-3-2-4-6-12/h7-9,12H,2-6,10H2,1H3,(H,19,22)(H2,18,23,24). The van der Waals surface area contributed by atoms with E-state index in [0.717, 1.165) is 24.6 Å². The topological polar surface area (TPSA) is 128 Å². The van der Waals surface area contributed by atoms with E-state index >= 15 is 0 Å². The van der Waals surface area contributed by atoms with Crippen LogP contribution in [-0.4, -0.2) is 30.3 Å². The summed E-state index contributed by atoms with van der Waals surface area (Å²) < 4.78 is 28.8. The zero-order chi connectivity index (χ0) is 19.4. The zero-order valence-electron chi connectivity index (χ0n) is 15.0. The van der Waals surface area contributed by atoms with Crippen LogP contribution in [-0.2, 0) is 14.8 Å². The van der Waals surface area contributed by atoms with Crippen LogP contribution in [0.5, 0.6) is 0 Å². The number of primary sulfonamides is 1. The molecule has 27 heavy (non-hydrogen) atoms. The lowest BCUT2D eigenvalue weighted by Crippen LogP contribution is -2.17. The lowest BCUT2D eigenvalue weighted by molar-refractivity contribution is -0.113. The van der Waals surface area contributed by atoms with Crippen LogP contribution in [0.1, 0.15) is 49.5 Å². The Balaban J connectivity index is 1.56. The molecule has 1 heterocycles. The first-order valence-electron chi connectivity index (χ1n) is 8.72. The van der Waals surface area contributed by atoms with E-state index in [2.05, 4.69) is 15.5 Å². The summed E-state index contributed by atoms with van der Waals surface area (Å²) in [5.74, 6) is 0.736. The van der Waals surface area contributed by atoms with E-state index in [4.69, 9.17) is 9.56 Å². The lowest BCUT2D eigenvalue weighted by atomic mass is 9.89. The normalized spacial score (nSPS) is 15.6. The molecular weight excluding hydrogens is 388 g/mol. The maximum atomic E-state index is 12.1. The Bertz CT molecular complexity index is 921. The highest BCUT2D eigenvalue weighted by Gasteiger charge is 2.21. The number of hydrogen-bond donors (Lipinski definition) is 2. The van der Waals surface area contributed by atoms with Crippen LogP contribution in [0.25, 0.3) is 0 Å². The predicted octanol–water partition coefficient (Wildman–Crippen LogP) is 2.80. The molecule has 1 aliphatic rings. The number of nitrogens with zero attached hydrogens (tertiary/aromatic N) is 2. The molecule has 8 nitrogen and oxygen atoms in total. The Kier molecular flexibility index (Phi) is 6.18. The monoisotopic (exact) mass is 410 g/mol. The Morgan fingerprint density at radius 1 is 1.30 bits per heavy atom. The molecule has 1 fully saturated rings. The first-order chi connectivity index (χ1) is 12.8. The number of thioether (sulfide) groups is 1. The van der Waals surface area contributed by atoms with E-state index in [1.807, 2.05) is 0 Å². The number of benzene rings is 1. The van der Waals surface area contributed by atoms with Crippen molar-refractivity contribution >= 4 is 33.4 Å². The summed E-state index contributed by atoms with van der Waals surface area (Å²) in [5.41, 5.74) is 0.884. The second-order valence-corrected chi connectivity index (χ2v) is 9.06. The average molecular weight is 411 g/mol. The summed E-state index contributed by atoms with van der Waals surface area (Å²) in [6, 6.07) is 4.57. The average Bonchev–Trinajstić information content (AvgIpc) is 3.10. The molecule has 10 heteroatoms. The van der Waals surface area contributed by atoms with Gasteiger partial charge in [0.25, 0.3) is 5.22 Å². The Morgan fingerprint density at radius 3 is 2.74 bits per heavy atom. The highest BCUT2D eigenvalue weighted by molar-refractivity contribution is 7.99. The molecule has 0 aliphatic heterocycles. The van der Waals surface area contributed by atoms with E-state index in [1.54, 1.807) is 19.1 Å². The molecule has 1 amide bonds. The molecule has 0 atom stereocenters. The van der Waals surface area contributed by atoms with Crippen molar-refractivity contribution in [3.05, 3.63) is 29.7 Å². The number of anilines is 1. The molecule has 146 valence electrons. The van der Waals surface area contributed by atoms with Gasteiger partial charge >= 0.3 is 0 Å². The van der Waals surface area contributed by atoms with Gasteiger partial charge in [0.2, 0.25) is 21.8 Å². The molecule has 1 aliphatic carbocycles. The number of rotatable bonds is 6. The molecule has 1 aromatic heterocycles. The van der Waals surface area contributed by atoms with Gasteiger partial charge < -0.3 is 9.73 Å². The minimum absolute atomic E-state index is 0.0121. The molecule has 2 aromatic rings. The minimum atomic E-state index is -3.84. The molecule has 3 N–H and O–H groups in total. The van der Waals surface area contributed by atoms with Gasteiger partial charge in [-0.05, 0) is 37.5 Å². The fourth-order valence-corrected chi connectivity index (χ4v) is 4.48.